The highest BCUT2D eigenvalue weighted by Crippen LogP contribution is 2.31. The number of hydrogen-bond donors (Lipinski definition) is 3. The molecule has 0 aliphatic heterocycles. The minimum absolute atomic E-state index is 0.222. The molecule has 4 rings (SSSR count). The van der Waals surface area contributed by atoms with Crippen LogP contribution in [0.3, 0.4) is 0 Å². The highest BCUT2D eigenvalue weighted by molar-refractivity contribution is 9.10. The zero-order chi connectivity index (χ0) is 19.5. The van der Waals surface area contributed by atoms with Crippen molar-refractivity contribution < 1.29 is 9.90 Å². The third-order valence-corrected chi connectivity index (χ3v) is 4.87. The molecule has 0 atom stereocenters. The Morgan fingerprint density at radius 3 is 2.54 bits per heavy atom. The summed E-state index contributed by atoms with van der Waals surface area (Å²) in [4.78, 5) is 19.3. The van der Waals surface area contributed by atoms with Gasteiger partial charge in [0.2, 0.25) is 0 Å². The molecule has 0 spiro atoms. The Bertz CT molecular complexity index is 1170. The van der Waals surface area contributed by atoms with Gasteiger partial charge in [0.1, 0.15) is 5.65 Å². The SMILES string of the molecule is O=C(O)/C(=C/c1c[nH]c2nccc(Nc3ccc(Br)cc3)c12)c1ccccc1. The van der Waals surface area contributed by atoms with E-state index < -0.39 is 5.97 Å². The van der Waals surface area contributed by atoms with E-state index in [9.17, 15) is 9.90 Å². The van der Waals surface area contributed by atoms with Crippen molar-refractivity contribution in [3.63, 3.8) is 0 Å². The van der Waals surface area contributed by atoms with E-state index >= 15 is 0 Å². The lowest BCUT2D eigenvalue weighted by molar-refractivity contribution is -0.130. The first-order chi connectivity index (χ1) is 13.6. The summed E-state index contributed by atoms with van der Waals surface area (Å²) in [7, 11) is 0. The van der Waals surface area contributed by atoms with Crippen molar-refractivity contribution in [1.29, 1.82) is 0 Å². The Kier molecular flexibility index (Phi) is 4.95. The van der Waals surface area contributed by atoms with E-state index in [2.05, 4.69) is 31.2 Å². The molecule has 2 aromatic heterocycles. The van der Waals surface area contributed by atoms with Gasteiger partial charge in [0.15, 0.2) is 0 Å². The standard InChI is InChI=1S/C22H16BrN3O2/c23-16-6-8-17(9-7-16)26-19-10-11-24-21-20(19)15(13-25-21)12-18(22(27)28)14-4-2-1-3-5-14/h1-13H,(H,27,28)(H2,24,25,26)/b18-12+. The van der Waals surface area contributed by atoms with Crippen molar-refractivity contribution in [3.8, 4) is 0 Å². The molecule has 0 amide bonds. The number of benzene rings is 2. The van der Waals surface area contributed by atoms with Gasteiger partial charge in [-0.1, -0.05) is 46.3 Å². The summed E-state index contributed by atoms with van der Waals surface area (Å²) in [5.74, 6) is -0.980. The Balaban J connectivity index is 1.81. The summed E-state index contributed by atoms with van der Waals surface area (Å²) >= 11 is 3.43. The van der Waals surface area contributed by atoms with Crippen LogP contribution < -0.4 is 5.32 Å². The predicted octanol–water partition coefficient (Wildman–Crippen LogP) is 5.69. The van der Waals surface area contributed by atoms with Crippen LogP contribution in [-0.4, -0.2) is 21.0 Å². The Morgan fingerprint density at radius 2 is 1.82 bits per heavy atom. The molecule has 0 aliphatic rings. The molecule has 0 bridgehead atoms. The number of rotatable bonds is 5. The molecule has 28 heavy (non-hydrogen) atoms. The second-order valence-electron chi connectivity index (χ2n) is 6.19. The van der Waals surface area contributed by atoms with E-state index in [0.717, 1.165) is 26.8 Å². The van der Waals surface area contributed by atoms with Gasteiger partial charge < -0.3 is 15.4 Å². The molecule has 4 aromatic rings. The minimum atomic E-state index is -0.980. The van der Waals surface area contributed by atoms with Crippen molar-refractivity contribution >= 4 is 56.0 Å². The number of H-pyrrole nitrogens is 1. The topological polar surface area (TPSA) is 78.0 Å². The van der Waals surface area contributed by atoms with E-state index in [-0.39, 0.29) is 5.57 Å². The third kappa shape index (κ3) is 3.68. The van der Waals surface area contributed by atoms with Crippen LogP contribution in [0.2, 0.25) is 0 Å². The fourth-order valence-corrected chi connectivity index (χ4v) is 3.29. The van der Waals surface area contributed by atoms with Gasteiger partial charge in [0, 0.05) is 33.5 Å². The molecule has 2 aromatic carbocycles. The number of aromatic nitrogens is 2. The zero-order valence-electron chi connectivity index (χ0n) is 14.7. The van der Waals surface area contributed by atoms with Gasteiger partial charge in [0.25, 0.3) is 0 Å². The van der Waals surface area contributed by atoms with Crippen LogP contribution in [0.4, 0.5) is 11.4 Å². The van der Waals surface area contributed by atoms with Crippen LogP contribution in [0.15, 0.2) is 77.5 Å². The van der Waals surface area contributed by atoms with Crippen LogP contribution in [0.25, 0.3) is 22.7 Å². The predicted molar refractivity (Wildman–Crippen MR) is 115 cm³/mol. The highest BCUT2D eigenvalue weighted by atomic mass is 79.9. The molecule has 0 unspecified atom stereocenters. The second-order valence-corrected chi connectivity index (χ2v) is 7.10. The summed E-state index contributed by atoms with van der Waals surface area (Å²) in [5, 5.41) is 13.9. The number of aliphatic carboxylic acids is 1. The smallest absolute Gasteiger partial charge is 0.336 e. The summed E-state index contributed by atoms with van der Waals surface area (Å²) in [6.45, 7) is 0. The van der Waals surface area contributed by atoms with Crippen LogP contribution in [0, 0.1) is 0 Å². The summed E-state index contributed by atoms with van der Waals surface area (Å²) in [5.41, 5.74) is 4.08. The summed E-state index contributed by atoms with van der Waals surface area (Å²) in [6.07, 6.45) is 5.16. The number of halogens is 1. The molecule has 0 fully saturated rings. The van der Waals surface area contributed by atoms with Gasteiger partial charge in [-0.25, -0.2) is 9.78 Å². The second kappa shape index (κ2) is 7.70. The van der Waals surface area contributed by atoms with Gasteiger partial charge in [-0.15, -0.1) is 0 Å². The number of aromatic amines is 1. The minimum Gasteiger partial charge on any atom is -0.478 e. The van der Waals surface area contributed by atoms with E-state index in [1.54, 1.807) is 30.6 Å². The lowest BCUT2D eigenvalue weighted by atomic mass is 10.0. The van der Waals surface area contributed by atoms with Gasteiger partial charge in [-0.2, -0.15) is 0 Å². The quantitative estimate of drug-likeness (QED) is 0.353. The highest BCUT2D eigenvalue weighted by Gasteiger charge is 2.14. The molecule has 5 nitrogen and oxygen atoms in total. The maximum absolute atomic E-state index is 11.9. The van der Waals surface area contributed by atoms with Gasteiger partial charge >= 0.3 is 5.97 Å². The number of carbonyl (C=O) groups is 1. The van der Waals surface area contributed by atoms with Crippen molar-refractivity contribution in [2.75, 3.05) is 5.32 Å². The van der Waals surface area contributed by atoms with Gasteiger partial charge in [-0.3, -0.25) is 0 Å². The number of fused-ring (bicyclic) bond motifs is 1. The molecule has 6 heteroatoms. The van der Waals surface area contributed by atoms with Crippen LogP contribution in [0.5, 0.6) is 0 Å². The molecular formula is C22H16BrN3O2. The molecule has 0 radical (unpaired) electrons. The lowest BCUT2D eigenvalue weighted by Crippen LogP contribution is -1.99. The number of anilines is 2. The van der Waals surface area contributed by atoms with Crippen LogP contribution >= 0.6 is 15.9 Å². The number of nitrogens with one attached hydrogen (secondary N) is 2. The van der Waals surface area contributed by atoms with Gasteiger partial charge in [0.05, 0.1) is 11.3 Å². The van der Waals surface area contributed by atoms with Crippen molar-refractivity contribution in [3.05, 3.63) is 88.7 Å². The summed E-state index contributed by atoms with van der Waals surface area (Å²) in [6, 6.07) is 18.8. The van der Waals surface area contributed by atoms with Crippen LogP contribution in [0.1, 0.15) is 11.1 Å². The Morgan fingerprint density at radius 1 is 1.07 bits per heavy atom. The van der Waals surface area contributed by atoms with E-state index in [1.165, 1.54) is 0 Å². The lowest BCUT2D eigenvalue weighted by Gasteiger charge is -2.09. The van der Waals surface area contributed by atoms with Crippen molar-refractivity contribution in [2.24, 2.45) is 0 Å². The molecular weight excluding hydrogens is 418 g/mol. The van der Waals surface area contributed by atoms with Gasteiger partial charge in [-0.05, 0) is 42.0 Å². The first-order valence-electron chi connectivity index (χ1n) is 8.61. The van der Waals surface area contributed by atoms with Crippen molar-refractivity contribution in [2.45, 2.75) is 0 Å². The van der Waals surface area contributed by atoms with E-state index in [4.69, 9.17) is 0 Å². The Hall–Kier alpha value is -3.38. The van der Waals surface area contributed by atoms with E-state index in [1.807, 2.05) is 48.5 Å². The maximum atomic E-state index is 11.9. The maximum Gasteiger partial charge on any atom is 0.336 e. The number of pyridine rings is 1. The molecule has 0 aliphatic carbocycles. The molecule has 2 heterocycles. The van der Waals surface area contributed by atoms with Crippen molar-refractivity contribution in [1.82, 2.24) is 9.97 Å². The monoisotopic (exact) mass is 433 g/mol. The largest absolute Gasteiger partial charge is 0.478 e. The normalized spacial score (nSPS) is 11.5. The Labute approximate surface area is 169 Å². The molecule has 3 N–H and O–H groups in total. The van der Waals surface area contributed by atoms with E-state index in [0.29, 0.717) is 11.2 Å². The number of hydrogen-bond acceptors (Lipinski definition) is 3. The molecule has 0 saturated carbocycles. The average Bonchev–Trinajstić information content (AvgIpc) is 3.12. The molecule has 138 valence electrons. The zero-order valence-corrected chi connectivity index (χ0v) is 16.3. The average molecular weight is 434 g/mol. The fourth-order valence-electron chi connectivity index (χ4n) is 3.03. The number of carboxylic acid groups (broad SMARTS) is 1. The fraction of sp³-hybridized carbons (Fsp3) is 0. The first-order valence-corrected chi connectivity index (χ1v) is 9.40. The number of carboxylic acids is 1. The third-order valence-electron chi connectivity index (χ3n) is 4.34. The number of nitrogens with zero attached hydrogens (tertiary/aromatic N) is 1. The summed E-state index contributed by atoms with van der Waals surface area (Å²) < 4.78 is 0.997. The molecule has 0 saturated heterocycles. The first kappa shape index (κ1) is 18.0. The van der Waals surface area contributed by atoms with Crippen LogP contribution in [-0.2, 0) is 4.79 Å².